The molecule has 4 atom stereocenters. The maximum atomic E-state index is 13.0. The number of carbonyl (C=O) groups excluding carboxylic acids is 1. The molecule has 3 aliphatic rings. The van der Waals surface area contributed by atoms with Gasteiger partial charge in [-0.3, -0.25) is 9.69 Å². The molecule has 4 rings (SSSR count). The Morgan fingerprint density at radius 3 is 2.44 bits per heavy atom. The van der Waals surface area contributed by atoms with Crippen LogP contribution in [-0.4, -0.2) is 43.2 Å². The Balaban J connectivity index is 0.00000182. The molecule has 0 N–H and O–H groups in total. The summed E-state index contributed by atoms with van der Waals surface area (Å²) in [6, 6.07) is 9.17. The number of hydrogen-bond acceptors (Lipinski definition) is 4. The van der Waals surface area contributed by atoms with E-state index in [1.54, 1.807) is 7.11 Å². The van der Waals surface area contributed by atoms with Crippen molar-refractivity contribution in [3.05, 3.63) is 29.8 Å². The first kappa shape index (κ1) is 18.5. The van der Waals surface area contributed by atoms with Crippen LogP contribution in [0.2, 0.25) is 0 Å². The molecule has 1 aromatic carbocycles. The summed E-state index contributed by atoms with van der Waals surface area (Å²) in [4.78, 5) is 15.4. The van der Waals surface area contributed by atoms with Crippen LogP contribution in [0.15, 0.2) is 24.3 Å². The van der Waals surface area contributed by atoms with Gasteiger partial charge in [-0.2, -0.15) is 0 Å². The minimum atomic E-state index is -0.0391. The van der Waals surface area contributed by atoms with Crippen molar-refractivity contribution in [2.45, 2.75) is 62.6 Å². The predicted octanol–water partition coefficient (Wildman–Crippen LogP) is 3.78. The van der Waals surface area contributed by atoms with Crippen LogP contribution in [-0.2, 0) is 9.53 Å². The lowest BCUT2D eigenvalue weighted by atomic mass is 9.76. The van der Waals surface area contributed by atoms with Crippen molar-refractivity contribution in [1.82, 2.24) is 4.90 Å². The van der Waals surface area contributed by atoms with Gasteiger partial charge in [0.1, 0.15) is 11.9 Å². The number of hydrogen-bond donors (Lipinski definition) is 0. The Morgan fingerprint density at radius 2 is 1.84 bits per heavy atom. The molecule has 2 saturated heterocycles. The number of fused-ring (bicyclic) bond motifs is 2. The monoisotopic (exact) mass is 365 g/mol. The molecular weight excluding hydrogens is 338 g/mol. The molecule has 0 unspecified atom stereocenters. The average Bonchev–Trinajstić information content (AvgIpc) is 2.81. The molecule has 1 saturated carbocycles. The highest BCUT2D eigenvalue weighted by atomic mass is 35.5. The summed E-state index contributed by atoms with van der Waals surface area (Å²) in [6.45, 7) is 0. The minimum absolute atomic E-state index is 0. The zero-order chi connectivity index (χ0) is 16.7. The maximum Gasteiger partial charge on any atom is 0.311 e. The van der Waals surface area contributed by atoms with Gasteiger partial charge >= 0.3 is 5.97 Å². The first-order chi connectivity index (χ1) is 11.7. The normalized spacial score (nSPS) is 31.8. The fourth-order valence-electron chi connectivity index (χ4n) is 4.71. The molecule has 1 aliphatic carbocycles. The Morgan fingerprint density at radius 1 is 1.12 bits per heavy atom. The largest absolute Gasteiger partial charge is 0.497 e. The Kier molecular flexibility index (Phi) is 5.59. The Hall–Kier alpha value is -1.26. The summed E-state index contributed by atoms with van der Waals surface area (Å²) in [6.07, 6.45) is 6.78. The average molecular weight is 366 g/mol. The molecule has 0 radical (unpaired) electrons. The lowest BCUT2D eigenvalue weighted by molar-refractivity contribution is -0.162. The summed E-state index contributed by atoms with van der Waals surface area (Å²) in [5.41, 5.74) is 1.25. The number of rotatable bonds is 4. The van der Waals surface area contributed by atoms with E-state index in [4.69, 9.17) is 9.47 Å². The van der Waals surface area contributed by atoms with E-state index in [1.807, 2.05) is 12.1 Å². The number of carbonyl (C=O) groups is 1. The number of ether oxygens (including phenoxy) is 2. The summed E-state index contributed by atoms with van der Waals surface area (Å²) in [7, 11) is 3.86. The first-order valence-corrected chi connectivity index (χ1v) is 9.23. The smallest absolute Gasteiger partial charge is 0.311 e. The van der Waals surface area contributed by atoms with Gasteiger partial charge in [-0.15, -0.1) is 12.4 Å². The van der Waals surface area contributed by atoms with Crippen LogP contribution >= 0.6 is 12.4 Å². The number of methoxy groups -OCH3 is 1. The molecule has 0 amide bonds. The zero-order valence-electron chi connectivity index (χ0n) is 15.0. The SMILES string of the molecule is COc1ccc([C@H]2C[C@@H]3CC[C@H]([C@H]2C(=O)OC2CCC2)N3C)cc1.Cl. The molecule has 1 aromatic rings. The van der Waals surface area contributed by atoms with E-state index in [9.17, 15) is 4.79 Å². The predicted molar refractivity (Wildman–Crippen MR) is 99.4 cm³/mol. The van der Waals surface area contributed by atoms with E-state index in [1.165, 1.54) is 18.4 Å². The maximum absolute atomic E-state index is 13.0. The van der Waals surface area contributed by atoms with Crippen LogP contribution in [0.25, 0.3) is 0 Å². The summed E-state index contributed by atoms with van der Waals surface area (Å²) < 4.78 is 11.1. The summed E-state index contributed by atoms with van der Waals surface area (Å²) >= 11 is 0. The summed E-state index contributed by atoms with van der Waals surface area (Å²) in [5.74, 6) is 1.11. The van der Waals surface area contributed by atoms with Gasteiger partial charge in [0.25, 0.3) is 0 Å². The zero-order valence-corrected chi connectivity index (χ0v) is 15.8. The van der Waals surface area contributed by atoms with Crippen molar-refractivity contribution < 1.29 is 14.3 Å². The number of esters is 1. The highest BCUT2D eigenvalue weighted by Crippen LogP contribution is 2.47. The highest BCUT2D eigenvalue weighted by molar-refractivity contribution is 5.85. The van der Waals surface area contributed by atoms with E-state index in [-0.39, 0.29) is 36.3 Å². The van der Waals surface area contributed by atoms with E-state index >= 15 is 0 Å². The number of nitrogens with zero attached hydrogens (tertiary/aromatic N) is 1. The molecular formula is C20H28ClNO3. The van der Waals surface area contributed by atoms with Crippen molar-refractivity contribution in [2.75, 3.05) is 14.2 Å². The lowest BCUT2D eigenvalue weighted by Gasteiger charge is -2.42. The van der Waals surface area contributed by atoms with Gasteiger partial charge in [-0.1, -0.05) is 12.1 Å². The minimum Gasteiger partial charge on any atom is -0.497 e. The highest BCUT2D eigenvalue weighted by Gasteiger charge is 2.50. The fraction of sp³-hybridized carbons (Fsp3) is 0.650. The van der Waals surface area contributed by atoms with Crippen LogP contribution < -0.4 is 4.74 Å². The molecule has 3 fully saturated rings. The van der Waals surface area contributed by atoms with Crippen molar-refractivity contribution in [1.29, 1.82) is 0 Å². The van der Waals surface area contributed by atoms with E-state index in [0.29, 0.717) is 12.1 Å². The Labute approximate surface area is 156 Å². The van der Waals surface area contributed by atoms with Crippen molar-refractivity contribution in [2.24, 2.45) is 5.92 Å². The number of benzene rings is 1. The third-order valence-corrected chi connectivity index (χ3v) is 6.42. The Bertz CT molecular complexity index is 601. The fourth-order valence-corrected chi connectivity index (χ4v) is 4.71. The number of halogens is 1. The van der Waals surface area contributed by atoms with Crippen LogP contribution in [0.5, 0.6) is 5.75 Å². The van der Waals surface area contributed by atoms with Crippen molar-refractivity contribution >= 4 is 18.4 Å². The second-order valence-electron chi connectivity index (χ2n) is 7.59. The van der Waals surface area contributed by atoms with Crippen LogP contribution in [0.1, 0.15) is 50.0 Å². The van der Waals surface area contributed by atoms with E-state index in [2.05, 4.69) is 24.1 Å². The van der Waals surface area contributed by atoms with Gasteiger partial charge in [0.15, 0.2) is 0 Å². The van der Waals surface area contributed by atoms with Crippen molar-refractivity contribution in [3.8, 4) is 5.75 Å². The number of piperidine rings is 1. The van der Waals surface area contributed by atoms with E-state index < -0.39 is 0 Å². The molecule has 4 nitrogen and oxygen atoms in total. The van der Waals surface area contributed by atoms with Crippen LogP contribution in [0.4, 0.5) is 0 Å². The summed E-state index contributed by atoms with van der Waals surface area (Å²) in [5, 5.41) is 0. The standard InChI is InChI=1S/C20H27NO3.ClH/c1-21-14-8-11-18(21)19(20(22)24-16-4-3-5-16)17(12-14)13-6-9-15(23-2)10-7-13;/h6-7,9-10,14,16-19H,3-5,8,11-12H2,1-2H3;1H/t14-,17+,18+,19-;/m0./s1. The van der Waals surface area contributed by atoms with Gasteiger partial charge in [0.2, 0.25) is 0 Å². The molecule has 25 heavy (non-hydrogen) atoms. The molecule has 2 bridgehead atoms. The second-order valence-corrected chi connectivity index (χ2v) is 7.59. The molecule has 5 heteroatoms. The topological polar surface area (TPSA) is 38.8 Å². The molecule has 2 aliphatic heterocycles. The second kappa shape index (κ2) is 7.55. The van der Waals surface area contributed by atoms with Gasteiger partial charge in [0.05, 0.1) is 13.0 Å². The van der Waals surface area contributed by atoms with Crippen molar-refractivity contribution in [3.63, 3.8) is 0 Å². The molecule has 138 valence electrons. The molecule has 0 spiro atoms. The van der Waals surface area contributed by atoms with Crippen LogP contribution in [0, 0.1) is 5.92 Å². The first-order valence-electron chi connectivity index (χ1n) is 9.23. The van der Waals surface area contributed by atoms with E-state index in [0.717, 1.165) is 31.4 Å². The quantitative estimate of drug-likeness (QED) is 0.761. The molecule has 0 aromatic heterocycles. The third-order valence-electron chi connectivity index (χ3n) is 6.42. The van der Waals surface area contributed by atoms with Gasteiger partial charge < -0.3 is 9.47 Å². The lowest BCUT2D eigenvalue weighted by Crippen LogP contribution is -2.49. The van der Waals surface area contributed by atoms with Gasteiger partial charge in [0, 0.05) is 18.0 Å². The van der Waals surface area contributed by atoms with Gasteiger partial charge in [-0.25, -0.2) is 0 Å². The molecule has 2 heterocycles. The van der Waals surface area contributed by atoms with Crippen LogP contribution in [0.3, 0.4) is 0 Å². The van der Waals surface area contributed by atoms with Gasteiger partial charge in [-0.05, 0) is 63.3 Å². The third kappa shape index (κ3) is 3.39.